The van der Waals surface area contributed by atoms with Crippen LogP contribution < -0.4 is 0 Å². The number of hydrogen-bond acceptors (Lipinski definition) is 6. The van der Waals surface area contributed by atoms with E-state index in [9.17, 15) is 25.0 Å². The number of nitro benzene ring substituents is 2. The lowest BCUT2D eigenvalue weighted by molar-refractivity contribution is -0.394. The minimum absolute atomic E-state index is 0.199. The van der Waals surface area contributed by atoms with Crippen molar-refractivity contribution in [2.75, 3.05) is 0 Å². The third kappa shape index (κ3) is 4.59. The number of non-ortho nitro benzene ring substituents is 2. The largest absolute Gasteiger partial charge is 0.458 e. The Kier molecular flexibility index (Phi) is 5.78. The van der Waals surface area contributed by atoms with Gasteiger partial charge in [-0.3, -0.25) is 20.2 Å². The number of rotatable bonds is 5. The third-order valence-electron chi connectivity index (χ3n) is 4.55. The molecule has 1 aliphatic rings. The Morgan fingerprint density at radius 1 is 1.00 bits per heavy atom. The first-order valence-electron chi connectivity index (χ1n) is 8.83. The van der Waals surface area contributed by atoms with E-state index in [2.05, 4.69) is 6.08 Å². The standard InChI is InChI=1S/C20H18N2O6/c23-20(16-10-17(21(24)25)13-18(11-16)22(26)27)28-19-9-5-4-8-15(12-19)14-6-2-1-3-7-14/h1-3,6-8,10-11,13,19H,4-5,9,12H2. The minimum Gasteiger partial charge on any atom is -0.458 e. The summed E-state index contributed by atoms with van der Waals surface area (Å²) < 4.78 is 5.55. The van der Waals surface area contributed by atoms with Crippen molar-refractivity contribution in [3.63, 3.8) is 0 Å². The van der Waals surface area contributed by atoms with Crippen LogP contribution in [0, 0.1) is 20.2 Å². The van der Waals surface area contributed by atoms with Crippen LogP contribution in [0.5, 0.6) is 0 Å². The highest BCUT2D eigenvalue weighted by molar-refractivity contribution is 5.91. The molecule has 8 nitrogen and oxygen atoms in total. The van der Waals surface area contributed by atoms with E-state index in [0.29, 0.717) is 12.8 Å². The predicted octanol–water partition coefficient (Wildman–Crippen LogP) is 4.69. The molecule has 0 bridgehead atoms. The maximum Gasteiger partial charge on any atom is 0.338 e. The second kappa shape index (κ2) is 8.43. The molecule has 144 valence electrons. The van der Waals surface area contributed by atoms with Crippen LogP contribution in [0.1, 0.15) is 41.6 Å². The van der Waals surface area contributed by atoms with Gasteiger partial charge >= 0.3 is 5.97 Å². The molecule has 0 saturated heterocycles. The van der Waals surface area contributed by atoms with Crippen molar-refractivity contribution in [3.05, 3.63) is 86.0 Å². The van der Waals surface area contributed by atoms with Gasteiger partial charge in [-0.15, -0.1) is 0 Å². The molecule has 0 heterocycles. The lowest BCUT2D eigenvalue weighted by Gasteiger charge is -2.17. The SMILES string of the molecule is O=C(OC1CCCC=C(c2ccccc2)C1)c1cc([N+](=O)[O-])cc([N+](=O)[O-])c1. The molecule has 0 aliphatic heterocycles. The summed E-state index contributed by atoms with van der Waals surface area (Å²) in [6.45, 7) is 0. The van der Waals surface area contributed by atoms with Crippen molar-refractivity contribution >= 4 is 22.9 Å². The second-order valence-corrected chi connectivity index (χ2v) is 6.51. The van der Waals surface area contributed by atoms with Crippen LogP contribution in [0.2, 0.25) is 0 Å². The highest BCUT2D eigenvalue weighted by Crippen LogP contribution is 2.29. The molecule has 0 aromatic heterocycles. The number of nitrogens with zero attached hydrogens (tertiary/aromatic N) is 2. The monoisotopic (exact) mass is 382 g/mol. The first-order valence-corrected chi connectivity index (χ1v) is 8.83. The van der Waals surface area contributed by atoms with Gasteiger partial charge in [0.1, 0.15) is 6.10 Å². The number of benzene rings is 2. The molecule has 0 saturated carbocycles. The van der Waals surface area contributed by atoms with Gasteiger partial charge in [0, 0.05) is 18.6 Å². The molecule has 1 aliphatic carbocycles. The average Bonchev–Trinajstić information content (AvgIpc) is 2.93. The summed E-state index contributed by atoms with van der Waals surface area (Å²) in [7, 11) is 0. The second-order valence-electron chi connectivity index (χ2n) is 6.51. The zero-order chi connectivity index (χ0) is 20.1. The molecule has 2 aromatic carbocycles. The highest BCUT2D eigenvalue weighted by Gasteiger charge is 2.24. The van der Waals surface area contributed by atoms with Gasteiger partial charge in [0.2, 0.25) is 0 Å². The molecule has 1 atom stereocenters. The van der Waals surface area contributed by atoms with E-state index in [4.69, 9.17) is 4.74 Å². The molecule has 0 amide bonds. The quantitative estimate of drug-likeness (QED) is 0.421. The molecule has 2 aromatic rings. The van der Waals surface area contributed by atoms with E-state index in [1.165, 1.54) is 0 Å². The van der Waals surface area contributed by atoms with E-state index >= 15 is 0 Å². The predicted molar refractivity (Wildman–Crippen MR) is 102 cm³/mol. The number of ether oxygens (including phenoxy) is 1. The lowest BCUT2D eigenvalue weighted by atomic mass is 10.00. The maximum atomic E-state index is 12.5. The lowest BCUT2D eigenvalue weighted by Crippen LogP contribution is -2.18. The molecular formula is C20H18N2O6. The Morgan fingerprint density at radius 2 is 1.64 bits per heavy atom. The number of nitro groups is 2. The van der Waals surface area contributed by atoms with Gasteiger partial charge < -0.3 is 4.74 Å². The molecule has 28 heavy (non-hydrogen) atoms. The fourth-order valence-electron chi connectivity index (χ4n) is 3.18. The minimum atomic E-state index is -0.800. The first-order chi connectivity index (χ1) is 13.4. The number of carbonyl (C=O) groups excluding carboxylic acids is 1. The number of esters is 1. The van der Waals surface area contributed by atoms with Crippen molar-refractivity contribution in [1.82, 2.24) is 0 Å². The summed E-state index contributed by atoms with van der Waals surface area (Å²) in [5.41, 5.74) is 0.881. The highest BCUT2D eigenvalue weighted by atomic mass is 16.6. The van der Waals surface area contributed by atoms with Crippen LogP contribution in [0.4, 0.5) is 11.4 Å². The molecule has 3 rings (SSSR count). The smallest absolute Gasteiger partial charge is 0.338 e. The van der Waals surface area contributed by atoms with Crippen molar-refractivity contribution in [3.8, 4) is 0 Å². The Labute approximate surface area is 160 Å². The zero-order valence-corrected chi connectivity index (χ0v) is 14.9. The third-order valence-corrected chi connectivity index (χ3v) is 4.55. The average molecular weight is 382 g/mol. The Balaban J connectivity index is 1.79. The van der Waals surface area contributed by atoms with Crippen LogP contribution in [0.3, 0.4) is 0 Å². The Hall–Kier alpha value is -3.55. The van der Waals surface area contributed by atoms with Gasteiger partial charge in [0.15, 0.2) is 0 Å². The van der Waals surface area contributed by atoms with Crippen LogP contribution in [0.25, 0.3) is 5.57 Å². The summed E-state index contributed by atoms with van der Waals surface area (Å²) in [5, 5.41) is 22.0. The maximum absolute atomic E-state index is 12.5. The molecular weight excluding hydrogens is 364 g/mol. The summed E-state index contributed by atoms with van der Waals surface area (Å²) in [4.78, 5) is 33.0. The van der Waals surface area contributed by atoms with E-state index in [1.54, 1.807) is 0 Å². The van der Waals surface area contributed by atoms with Crippen molar-refractivity contribution in [2.45, 2.75) is 31.8 Å². The van der Waals surface area contributed by atoms with E-state index in [1.807, 2.05) is 30.3 Å². The van der Waals surface area contributed by atoms with Gasteiger partial charge in [-0.05, 0) is 30.4 Å². The van der Waals surface area contributed by atoms with Crippen LogP contribution in [-0.4, -0.2) is 21.9 Å². The summed E-state index contributed by atoms with van der Waals surface area (Å²) in [5.74, 6) is -0.800. The van der Waals surface area contributed by atoms with Gasteiger partial charge in [-0.25, -0.2) is 4.79 Å². The molecule has 0 N–H and O–H groups in total. The van der Waals surface area contributed by atoms with Crippen LogP contribution in [0.15, 0.2) is 54.6 Å². The fraction of sp³-hybridized carbons (Fsp3) is 0.250. The van der Waals surface area contributed by atoms with Gasteiger partial charge in [0.05, 0.1) is 21.5 Å². The summed E-state index contributed by atoms with van der Waals surface area (Å²) in [6.07, 6.45) is 4.59. The Morgan fingerprint density at radius 3 is 2.25 bits per heavy atom. The van der Waals surface area contributed by atoms with Gasteiger partial charge in [0.25, 0.3) is 11.4 Å². The molecule has 0 spiro atoms. The number of allylic oxidation sites excluding steroid dienone is 1. The first kappa shape index (κ1) is 19.2. The molecule has 1 unspecified atom stereocenters. The topological polar surface area (TPSA) is 113 Å². The fourth-order valence-corrected chi connectivity index (χ4v) is 3.18. The van der Waals surface area contributed by atoms with Crippen molar-refractivity contribution in [2.24, 2.45) is 0 Å². The zero-order valence-electron chi connectivity index (χ0n) is 14.9. The number of carbonyl (C=O) groups is 1. The molecule has 0 radical (unpaired) electrons. The number of hydrogen-bond donors (Lipinski definition) is 0. The van der Waals surface area contributed by atoms with Gasteiger partial charge in [-0.2, -0.15) is 0 Å². The summed E-state index contributed by atoms with van der Waals surface area (Å²) >= 11 is 0. The van der Waals surface area contributed by atoms with Crippen molar-refractivity contribution < 1.29 is 19.4 Å². The Bertz CT molecular complexity index is 907. The summed E-state index contributed by atoms with van der Waals surface area (Å²) in [6, 6.07) is 12.6. The molecule has 8 heteroatoms. The van der Waals surface area contributed by atoms with E-state index < -0.39 is 33.3 Å². The molecule has 0 fully saturated rings. The van der Waals surface area contributed by atoms with E-state index in [0.717, 1.165) is 42.2 Å². The van der Waals surface area contributed by atoms with E-state index in [-0.39, 0.29) is 5.56 Å². The normalized spacial score (nSPS) is 16.6. The van der Waals surface area contributed by atoms with Crippen LogP contribution >= 0.6 is 0 Å². The van der Waals surface area contributed by atoms with Crippen LogP contribution in [-0.2, 0) is 4.74 Å². The van der Waals surface area contributed by atoms with Crippen molar-refractivity contribution in [1.29, 1.82) is 0 Å². The van der Waals surface area contributed by atoms with Gasteiger partial charge in [-0.1, -0.05) is 36.4 Å².